The first kappa shape index (κ1) is 20.3. The Hall–Kier alpha value is -2.33. The van der Waals surface area contributed by atoms with E-state index in [-0.39, 0.29) is 5.41 Å². The van der Waals surface area contributed by atoms with E-state index in [4.69, 9.17) is 4.74 Å². The van der Waals surface area contributed by atoms with Crippen molar-refractivity contribution < 1.29 is 4.74 Å². The predicted molar refractivity (Wildman–Crippen MR) is 133 cm³/mol. The summed E-state index contributed by atoms with van der Waals surface area (Å²) in [7, 11) is 0. The van der Waals surface area contributed by atoms with Crippen LogP contribution in [0.25, 0.3) is 21.9 Å². The topological polar surface area (TPSA) is 38.7 Å². The average molecular weight is 444 g/mol. The Balaban J connectivity index is 1.63. The normalized spacial score (nSPS) is 19.8. The van der Waals surface area contributed by atoms with Crippen molar-refractivity contribution in [2.24, 2.45) is 10.6 Å². The van der Waals surface area contributed by atoms with Crippen LogP contribution in [0.5, 0.6) is 5.75 Å². The first-order valence-electron chi connectivity index (χ1n) is 12.0. The third-order valence-electron chi connectivity index (χ3n) is 8.77. The first-order chi connectivity index (χ1) is 15.6. The van der Waals surface area contributed by atoms with Crippen LogP contribution in [-0.2, 0) is 5.41 Å². The Labute approximate surface area is 193 Å². The lowest BCUT2D eigenvalue weighted by Crippen LogP contribution is -2.36. The van der Waals surface area contributed by atoms with Crippen molar-refractivity contribution in [3.8, 4) is 16.9 Å². The molecule has 6 rings (SSSR count). The Kier molecular flexibility index (Phi) is 4.66. The van der Waals surface area contributed by atoms with Gasteiger partial charge in [0.25, 0.3) is 0 Å². The van der Waals surface area contributed by atoms with Gasteiger partial charge in [0.2, 0.25) is 0 Å². The lowest BCUT2D eigenvalue weighted by atomic mass is 9.58. The molecule has 1 aliphatic heterocycles. The maximum Gasteiger partial charge on any atom is 0.133 e. The molecule has 164 valence electrons. The van der Waals surface area contributed by atoms with Gasteiger partial charge in [0.1, 0.15) is 11.4 Å². The van der Waals surface area contributed by atoms with Crippen LogP contribution in [0.3, 0.4) is 0 Å². The number of ether oxygens (including phenoxy) is 1. The zero-order chi connectivity index (χ0) is 21.9. The van der Waals surface area contributed by atoms with Crippen LogP contribution < -0.4 is 4.74 Å². The number of hydrogen-bond donors (Lipinski definition) is 0. The van der Waals surface area contributed by atoms with Crippen molar-refractivity contribution in [3.63, 3.8) is 0 Å². The molecule has 3 nitrogen and oxygen atoms in total. The first-order valence-corrected chi connectivity index (χ1v) is 13.0. The van der Waals surface area contributed by atoms with Crippen LogP contribution in [0, 0.1) is 10.3 Å². The lowest BCUT2D eigenvalue weighted by Gasteiger charge is -2.45. The van der Waals surface area contributed by atoms with E-state index in [0.717, 1.165) is 35.1 Å². The Morgan fingerprint density at radius 3 is 2.50 bits per heavy atom. The monoisotopic (exact) mass is 443 g/mol. The van der Waals surface area contributed by atoms with Crippen LogP contribution in [0.2, 0.25) is 0 Å². The van der Waals surface area contributed by atoms with Crippen molar-refractivity contribution >= 4 is 28.2 Å². The summed E-state index contributed by atoms with van der Waals surface area (Å²) in [6, 6.07) is 15.3. The quantitative estimate of drug-likeness (QED) is 0.382. The molecule has 32 heavy (non-hydrogen) atoms. The molecule has 1 heterocycles. The highest BCUT2D eigenvalue weighted by Gasteiger charge is 2.49. The number of nitrogens with zero attached hydrogens (tertiary/aromatic N) is 1. The molecule has 3 aromatic carbocycles. The molecule has 3 aromatic rings. The van der Waals surface area contributed by atoms with E-state index in [2.05, 4.69) is 55.4 Å². The van der Waals surface area contributed by atoms with Gasteiger partial charge in [-0.25, -0.2) is 0 Å². The maximum absolute atomic E-state index is 12.0. The number of benzene rings is 3. The summed E-state index contributed by atoms with van der Waals surface area (Å²) < 4.78 is 5.91. The minimum Gasteiger partial charge on any atom is -0.492 e. The Morgan fingerprint density at radius 1 is 0.969 bits per heavy atom. The van der Waals surface area contributed by atoms with Gasteiger partial charge in [-0.3, -0.25) is 0 Å². The highest BCUT2D eigenvalue weighted by molar-refractivity contribution is 7.99. The van der Waals surface area contributed by atoms with Crippen LogP contribution >= 0.6 is 11.8 Å². The van der Waals surface area contributed by atoms with E-state index in [9.17, 15) is 4.91 Å². The molecule has 0 bridgehead atoms. The number of nitroso groups, excluding NO2 is 1. The van der Waals surface area contributed by atoms with E-state index in [1.165, 1.54) is 52.8 Å². The average Bonchev–Trinajstić information content (AvgIpc) is 3.13. The van der Waals surface area contributed by atoms with E-state index in [1.807, 2.05) is 17.8 Å². The van der Waals surface area contributed by atoms with Gasteiger partial charge in [0, 0.05) is 16.6 Å². The lowest BCUT2D eigenvalue weighted by molar-refractivity contribution is 0.133. The third kappa shape index (κ3) is 2.68. The summed E-state index contributed by atoms with van der Waals surface area (Å²) >= 11 is 1.84. The maximum atomic E-state index is 12.0. The molecule has 1 fully saturated rings. The van der Waals surface area contributed by atoms with E-state index < -0.39 is 0 Å². The van der Waals surface area contributed by atoms with Gasteiger partial charge in [-0.1, -0.05) is 51.0 Å². The summed E-state index contributed by atoms with van der Waals surface area (Å²) in [6.45, 7) is 5.41. The van der Waals surface area contributed by atoms with Gasteiger partial charge in [-0.2, -0.15) is 0 Å². The molecule has 0 aromatic heterocycles. The largest absolute Gasteiger partial charge is 0.492 e. The van der Waals surface area contributed by atoms with Crippen LogP contribution in [0.4, 0.5) is 5.69 Å². The summed E-state index contributed by atoms with van der Waals surface area (Å²) in [5.74, 6) is 1.84. The number of fused-ring (bicyclic) bond motifs is 8. The second kappa shape index (κ2) is 7.34. The van der Waals surface area contributed by atoms with Gasteiger partial charge in [0.15, 0.2) is 0 Å². The molecule has 0 unspecified atom stereocenters. The van der Waals surface area contributed by atoms with Gasteiger partial charge in [-0.05, 0) is 82.1 Å². The molecular formula is C28H29NO2S. The fourth-order valence-electron chi connectivity index (χ4n) is 6.65. The minimum atomic E-state index is -0.00700. The van der Waals surface area contributed by atoms with Crippen LogP contribution in [-0.4, -0.2) is 12.4 Å². The van der Waals surface area contributed by atoms with Gasteiger partial charge >= 0.3 is 0 Å². The van der Waals surface area contributed by atoms with Crippen molar-refractivity contribution in [1.82, 2.24) is 0 Å². The molecule has 1 spiro atoms. The summed E-state index contributed by atoms with van der Waals surface area (Å²) in [5, 5.41) is 5.58. The second-order valence-corrected chi connectivity index (χ2v) is 10.9. The zero-order valence-electron chi connectivity index (χ0n) is 18.9. The Morgan fingerprint density at radius 2 is 1.75 bits per heavy atom. The SMILES string of the molecule is CCC1(CC)CCC2(CC1)c1ccccc1-c1c2cc(N=O)c2cc3c(cc12)SCCO3. The van der Waals surface area contributed by atoms with Crippen molar-refractivity contribution in [2.45, 2.75) is 62.7 Å². The molecule has 0 amide bonds. The molecule has 0 saturated heterocycles. The summed E-state index contributed by atoms with van der Waals surface area (Å²) in [6.07, 6.45) is 7.26. The molecule has 3 aliphatic rings. The van der Waals surface area contributed by atoms with Crippen molar-refractivity contribution in [1.29, 1.82) is 0 Å². The second-order valence-electron chi connectivity index (χ2n) is 9.79. The standard InChI is InChI=1S/C28H29NO2S/c1-3-27(4-2)9-11-28(12-10-27)21-8-6-5-7-18(21)26-20-16-25-24(31-13-14-32-25)15-19(20)23(29-30)17-22(26)28/h5-8,15-17H,3-4,9-14H2,1-2H3. The number of rotatable bonds is 3. The zero-order valence-corrected chi connectivity index (χ0v) is 19.7. The predicted octanol–water partition coefficient (Wildman–Crippen LogP) is 8.37. The van der Waals surface area contributed by atoms with Crippen molar-refractivity contribution in [2.75, 3.05) is 12.4 Å². The Bertz CT molecular complexity index is 1230. The van der Waals surface area contributed by atoms with Crippen molar-refractivity contribution in [3.05, 3.63) is 58.5 Å². The third-order valence-corrected chi connectivity index (χ3v) is 9.77. The number of thioether (sulfide) groups is 1. The van der Waals surface area contributed by atoms with E-state index in [1.54, 1.807) is 0 Å². The summed E-state index contributed by atoms with van der Waals surface area (Å²) in [4.78, 5) is 13.2. The molecule has 4 heteroatoms. The molecule has 1 saturated carbocycles. The minimum absolute atomic E-state index is 0.00700. The van der Waals surface area contributed by atoms with Gasteiger partial charge < -0.3 is 4.74 Å². The molecule has 0 N–H and O–H groups in total. The molecule has 0 radical (unpaired) electrons. The highest BCUT2D eigenvalue weighted by Crippen LogP contribution is 2.62. The summed E-state index contributed by atoms with van der Waals surface area (Å²) in [5.41, 5.74) is 6.43. The highest BCUT2D eigenvalue weighted by atomic mass is 32.2. The fourth-order valence-corrected chi connectivity index (χ4v) is 7.50. The fraction of sp³-hybridized carbons (Fsp3) is 0.429. The van der Waals surface area contributed by atoms with E-state index in [0.29, 0.717) is 17.7 Å². The van der Waals surface area contributed by atoms with Crippen LogP contribution in [0.15, 0.2) is 52.5 Å². The molecule has 0 atom stereocenters. The van der Waals surface area contributed by atoms with Gasteiger partial charge in [0.05, 0.1) is 11.5 Å². The van der Waals surface area contributed by atoms with E-state index >= 15 is 0 Å². The van der Waals surface area contributed by atoms with Crippen LogP contribution in [0.1, 0.15) is 63.5 Å². The number of hydrogen-bond acceptors (Lipinski definition) is 4. The van der Waals surface area contributed by atoms with Gasteiger partial charge in [-0.15, -0.1) is 16.7 Å². The smallest absolute Gasteiger partial charge is 0.133 e. The molecular weight excluding hydrogens is 414 g/mol. The molecule has 2 aliphatic carbocycles.